The van der Waals surface area contributed by atoms with E-state index < -0.39 is 10.2 Å². The van der Waals surface area contributed by atoms with Gasteiger partial charge in [-0.2, -0.15) is 17.9 Å². The molecule has 0 aliphatic heterocycles. The summed E-state index contributed by atoms with van der Waals surface area (Å²) in [5.74, 6) is -0.0799. The molecule has 0 aliphatic rings. The summed E-state index contributed by atoms with van der Waals surface area (Å²) < 4.78 is 25.3. The first kappa shape index (κ1) is 8.87. The van der Waals surface area contributed by atoms with Crippen LogP contribution < -0.4 is 4.72 Å². The van der Waals surface area contributed by atoms with Crippen LogP contribution in [0.25, 0.3) is 0 Å². The topological polar surface area (TPSA) is 104 Å². The maximum absolute atomic E-state index is 11.1. The van der Waals surface area contributed by atoms with Crippen molar-refractivity contribution in [3.8, 4) is 0 Å². The zero-order valence-electron chi connectivity index (χ0n) is 6.51. The lowest BCUT2D eigenvalue weighted by Gasteiger charge is -2.09. The number of hydrogen-bond acceptors (Lipinski definition) is 5. The molecule has 68 valence electrons. The molecule has 0 aliphatic carbocycles. The van der Waals surface area contributed by atoms with Crippen LogP contribution in [0.3, 0.4) is 0 Å². The van der Waals surface area contributed by atoms with Gasteiger partial charge in [0.15, 0.2) is 0 Å². The normalized spacial score (nSPS) is 11.9. The number of aromatic nitrogens is 4. The molecule has 1 heterocycles. The smallest absolute Gasteiger partial charge is 0.236 e. The second-order valence-electron chi connectivity index (χ2n) is 2.12. The van der Waals surface area contributed by atoms with E-state index >= 15 is 0 Å². The zero-order chi connectivity index (χ0) is 9.19. The van der Waals surface area contributed by atoms with E-state index in [9.17, 15) is 8.42 Å². The van der Waals surface area contributed by atoms with E-state index in [1.165, 1.54) is 14.1 Å². The number of nitrogens with one attached hydrogen (secondary N) is 2. The van der Waals surface area contributed by atoms with Gasteiger partial charge in [-0.05, 0) is 5.21 Å². The molecule has 0 saturated carbocycles. The van der Waals surface area contributed by atoms with E-state index in [0.29, 0.717) is 0 Å². The Morgan fingerprint density at radius 2 is 2.17 bits per heavy atom. The minimum atomic E-state index is -3.52. The molecule has 2 N–H and O–H groups in total. The molecule has 0 amide bonds. The zero-order valence-corrected chi connectivity index (χ0v) is 7.33. The van der Waals surface area contributed by atoms with E-state index in [2.05, 4.69) is 25.3 Å². The first-order valence-corrected chi connectivity index (χ1v) is 4.40. The monoisotopic (exact) mass is 192 g/mol. The molecule has 12 heavy (non-hydrogen) atoms. The van der Waals surface area contributed by atoms with Crippen molar-refractivity contribution in [2.24, 2.45) is 0 Å². The van der Waals surface area contributed by atoms with Crippen molar-refractivity contribution in [2.75, 3.05) is 18.8 Å². The summed E-state index contributed by atoms with van der Waals surface area (Å²) in [5.41, 5.74) is 0. The first-order chi connectivity index (χ1) is 5.52. The summed E-state index contributed by atoms with van der Waals surface area (Å²) in [6, 6.07) is 0. The number of hydrogen-bond donors (Lipinski definition) is 2. The molecule has 0 radical (unpaired) electrons. The van der Waals surface area contributed by atoms with Gasteiger partial charge in [-0.3, -0.25) is 0 Å². The first-order valence-electron chi connectivity index (χ1n) is 2.96. The minimum Gasteiger partial charge on any atom is -0.236 e. The maximum Gasteiger partial charge on any atom is 0.303 e. The fraction of sp³-hybridized carbons (Fsp3) is 0.667. The third-order valence-electron chi connectivity index (χ3n) is 1.05. The summed E-state index contributed by atoms with van der Waals surface area (Å²) in [4.78, 5) is 0. The Balaban J connectivity index is 2.77. The van der Waals surface area contributed by atoms with Crippen LogP contribution in [0.4, 0.5) is 5.95 Å². The van der Waals surface area contributed by atoms with Crippen molar-refractivity contribution in [2.45, 2.75) is 0 Å². The number of rotatable bonds is 3. The second-order valence-corrected chi connectivity index (χ2v) is 4.01. The Bertz CT molecular complexity index is 328. The van der Waals surface area contributed by atoms with Gasteiger partial charge >= 0.3 is 10.2 Å². The van der Waals surface area contributed by atoms with Crippen LogP contribution in [0, 0.1) is 0 Å². The average Bonchev–Trinajstić information content (AvgIpc) is 2.38. The Morgan fingerprint density at radius 3 is 2.58 bits per heavy atom. The fourth-order valence-corrected chi connectivity index (χ4v) is 0.911. The highest BCUT2D eigenvalue weighted by Crippen LogP contribution is 1.98. The third kappa shape index (κ3) is 1.89. The molecule has 1 aromatic heterocycles. The summed E-state index contributed by atoms with van der Waals surface area (Å²) in [6.45, 7) is 0. The van der Waals surface area contributed by atoms with Crippen molar-refractivity contribution in [3.63, 3.8) is 0 Å². The highest BCUT2D eigenvalue weighted by molar-refractivity contribution is 7.90. The lowest BCUT2D eigenvalue weighted by molar-refractivity contribution is 0.526. The summed E-state index contributed by atoms with van der Waals surface area (Å²) in [6.07, 6.45) is 0. The van der Waals surface area contributed by atoms with Gasteiger partial charge in [0.1, 0.15) is 0 Å². The molecule has 8 nitrogen and oxygen atoms in total. The van der Waals surface area contributed by atoms with Gasteiger partial charge in [-0.15, -0.1) is 5.10 Å². The largest absolute Gasteiger partial charge is 0.303 e. The van der Waals surface area contributed by atoms with Gasteiger partial charge in [0.25, 0.3) is 5.95 Å². The number of aromatic amines is 1. The lowest BCUT2D eigenvalue weighted by Crippen LogP contribution is -2.29. The quantitative estimate of drug-likeness (QED) is 0.601. The Labute approximate surface area is 69.1 Å². The van der Waals surface area contributed by atoms with Crippen LogP contribution in [0.2, 0.25) is 0 Å². The van der Waals surface area contributed by atoms with Gasteiger partial charge in [0.2, 0.25) is 0 Å². The number of tetrazole rings is 1. The molecule has 9 heteroatoms. The molecular formula is C3H8N6O2S. The molecule has 0 spiro atoms. The van der Waals surface area contributed by atoms with Gasteiger partial charge in [-0.1, -0.05) is 5.10 Å². The molecule has 0 saturated heterocycles. The highest BCUT2D eigenvalue weighted by Gasteiger charge is 2.14. The Morgan fingerprint density at radius 1 is 1.50 bits per heavy atom. The van der Waals surface area contributed by atoms with Crippen molar-refractivity contribution in [3.05, 3.63) is 0 Å². The second kappa shape index (κ2) is 3.03. The SMILES string of the molecule is CN(C)S(=O)(=O)Nc1nn[nH]n1. The molecule has 1 aromatic rings. The van der Waals surface area contributed by atoms with Gasteiger partial charge < -0.3 is 0 Å². The standard InChI is InChI=1S/C3H8N6O2S/c1-9(2)12(10,11)6-3-4-7-8-5-3/h1-2H3,(H2,4,5,6,7,8). The Kier molecular flexibility index (Phi) is 2.24. The van der Waals surface area contributed by atoms with E-state index in [-0.39, 0.29) is 5.95 Å². The predicted molar refractivity (Wildman–Crippen MR) is 40.4 cm³/mol. The van der Waals surface area contributed by atoms with Crippen LogP contribution in [0.5, 0.6) is 0 Å². The van der Waals surface area contributed by atoms with Crippen molar-refractivity contribution in [1.29, 1.82) is 0 Å². The van der Waals surface area contributed by atoms with Gasteiger partial charge in [0, 0.05) is 14.1 Å². The molecule has 0 bridgehead atoms. The number of anilines is 1. The highest BCUT2D eigenvalue weighted by atomic mass is 32.2. The number of H-pyrrole nitrogens is 1. The van der Waals surface area contributed by atoms with Crippen LogP contribution >= 0.6 is 0 Å². The van der Waals surface area contributed by atoms with Crippen molar-refractivity contribution < 1.29 is 8.42 Å². The van der Waals surface area contributed by atoms with Gasteiger partial charge in [-0.25, -0.2) is 4.72 Å². The molecule has 0 unspecified atom stereocenters. The van der Waals surface area contributed by atoms with E-state index in [1.807, 2.05) is 0 Å². The van der Waals surface area contributed by atoms with E-state index in [1.54, 1.807) is 0 Å². The predicted octanol–water partition coefficient (Wildman–Crippen LogP) is -1.58. The van der Waals surface area contributed by atoms with E-state index in [0.717, 1.165) is 4.31 Å². The number of nitrogens with zero attached hydrogens (tertiary/aromatic N) is 4. The van der Waals surface area contributed by atoms with Gasteiger partial charge in [0.05, 0.1) is 0 Å². The molecule has 0 aromatic carbocycles. The molecule has 1 rings (SSSR count). The average molecular weight is 192 g/mol. The summed E-state index contributed by atoms with van der Waals surface area (Å²) >= 11 is 0. The lowest BCUT2D eigenvalue weighted by atomic mass is 11.2. The molecular weight excluding hydrogens is 184 g/mol. The molecule has 0 atom stereocenters. The minimum absolute atomic E-state index is 0.0799. The Hall–Kier alpha value is -1.22. The van der Waals surface area contributed by atoms with E-state index in [4.69, 9.17) is 0 Å². The van der Waals surface area contributed by atoms with Crippen LogP contribution in [-0.4, -0.2) is 47.4 Å². The summed E-state index contributed by atoms with van der Waals surface area (Å²) in [5, 5.41) is 12.1. The van der Waals surface area contributed by atoms with Crippen LogP contribution in [-0.2, 0) is 10.2 Å². The third-order valence-corrected chi connectivity index (χ3v) is 2.45. The molecule has 0 fully saturated rings. The van der Waals surface area contributed by atoms with Crippen molar-refractivity contribution in [1.82, 2.24) is 24.9 Å². The fourth-order valence-electron chi connectivity index (χ4n) is 0.412. The van der Waals surface area contributed by atoms with Crippen LogP contribution in [0.15, 0.2) is 0 Å². The van der Waals surface area contributed by atoms with Crippen LogP contribution in [0.1, 0.15) is 0 Å². The maximum atomic E-state index is 11.1. The van der Waals surface area contributed by atoms with Crippen molar-refractivity contribution >= 4 is 16.2 Å². The summed E-state index contributed by atoms with van der Waals surface area (Å²) in [7, 11) is -0.740.